The van der Waals surface area contributed by atoms with Gasteiger partial charge in [-0.25, -0.2) is 4.98 Å². The highest BCUT2D eigenvalue weighted by molar-refractivity contribution is 7.80. The van der Waals surface area contributed by atoms with Crippen LogP contribution in [0.15, 0.2) is 23.1 Å². The minimum atomic E-state index is -2.74. The number of benzene rings is 1. The first kappa shape index (κ1) is 15.9. The van der Waals surface area contributed by atoms with Gasteiger partial charge < -0.3 is 13.3 Å². The molecule has 110 valence electrons. The van der Waals surface area contributed by atoms with Crippen molar-refractivity contribution in [3.63, 3.8) is 0 Å². The zero-order valence-corrected chi connectivity index (χ0v) is 14.8. The molecule has 1 aromatic heterocycles. The van der Waals surface area contributed by atoms with E-state index in [-0.39, 0.29) is 5.54 Å². The van der Waals surface area contributed by atoms with E-state index in [1.54, 1.807) is 32.7 Å². The Balaban J connectivity index is 2.51. The minimum Gasteiger partial charge on any atom is -0.376 e. The van der Waals surface area contributed by atoms with Crippen molar-refractivity contribution in [3.8, 4) is 0 Å². The van der Waals surface area contributed by atoms with Crippen molar-refractivity contribution in [2.24, 2.45) is 0 Å². The standard InChI is InChI=1S/C13H19NO3S2Si/c1-5-11(20(15-2,16-3)17-4)13-14-12-9(18)7-6-8-10(12)19-13/h6-8,11,18H,5H2,1-4H3. The van der Waals surface area contributed by atoms with E-state index in [4.69, 9.17) is 18.3 Å². The van der Waals surface area contributed by atoms with E-state index in [0.29, 0.717) is 0 Å². The van der Waals surface area contributed by atoms with E-state index in [1.807, 2.05) is 12.1 Å². The normalized spacial score (nSPS) is 13.8. The third-order valence-electron chi connectivity index (χ3n) is 3.40. The maximum absolute atomic E-state index is 5.61. The van der Waals surface area contributed by atoms with Crippen LogP contribution in [0.1, 0.15) is 23.9 Å². The molecular formula is C13H19NO3S2Si. The molecule has 0 amide bonds. The second-order valence-corrected chi connectivity index (χ2v) is 9.03. The van der Waals surface area contributed by atoms with E-state index in [9.17, 15) is 0 Å². The van der Waals surface area contributed by atoms with Gasteiger partial charge in [-0.2, -0.15) is 0 Å². The summed E-state index contributed by atoms with van der Waals surface area (Å²) in [6.07, 6.45) is 0.851. The van der Waals surface area contributed by atoms with Gasteiger partial charge in [-0.1, -0.05) is 13.0 Å². The average Bonchev–Trinajstić information content (AvgIpc) is 2.90. The Hall–Kier alpha value is -0.443. The lowest BCUT2D eigenvalue weighted by Gasteiger charge is -2.30. The van der Waals surface area contributed by atoms with Crippen molar-refractivity contribution in [1.82, 2.24) is 4.98 Å². The monoisotopic (exact) mass is 329 g/mol. The first-order valence-corrected chi connectivity index (χ1v) is 9.42. The van der Waals surface area contributed by atoms with Gasteiger partial charge in [-0.3, -0.25) is 0 Å². The molecule has 0 aliphatic carbocycles. The van der Waals surface area contributed by atoms with Gasteiger partial charge in [-0.05, 0) is 18.6 Å². The zero-order valence-electron chi connectivity index (χ0n) is 12.0. The summed E-state index contributed by atoms with van der Waals surface area (Å²) in [6, 6.07) is 5.99. The molecule has 4 nitrogen and oxygen atoms in total. The number of thiol groups is 1. The molecule has 0 radical (unpaired) electrons. The van der Waals surface area contributed by atoms with E-state index in [1.165, 1.54) is 0 Å². The number of rotatable bonds is 6. The lowest BCUT2D eigenvalue weighted by atomic mass is 10.3. The van der Waals surface area contributed by atoms with Crippen LogP contribution in [0.2, 0.25) is 0 Å². The Morgan fingerprint density at radius 1 is 1.25 bits per heavy atom. The van der Waals surface area contributed by atoms with Crippen molar-refractivity contribution >= 4 is 43.0 Å². The third kappa shape index (κ3) is 2.66. The molecule has 1 aromatic carbocycles. The van der Waals surface area contributed by atoms with E-state index in [0.717, 1.165) is 26.5 Å². The number of aromatic nitrogens is 1. The molecule has 0 aliphatic rings. The molecule has 0 saturated heterocycles. The quantitative estimate of drug-likeness (QED) is 0.650. The van der Waals surface area contributed by atoms with Crippen LogP contribution in [0, 0.1) is 0 Å². The van der Waals surface area contributed by atoms with Crippen molar-refractivity contribution in [2.75, 3.05) is 21.3 Å². The minimum absolute atomic E-state index is 0.0348. The van der Waals surface area contributed by atoms with E-state index in [2.05, 4.69) is 25.6 Å². The van der Waals surface area contributed by atoms with Gasteiger partial charge in [0.25, 0.3) is 0 Å². The van der Waals surface area contributed by atoms with Crippen LogP contribution >= 0.6 is 24.0 Å². The van der Waals surface area contributed by atoms with Crippen LogP contribution in [0.3, 0.4) is 0 Å². The fourth-order valence-corrected chi connectivity index (χ4v) is 6.59. The zero-order chi connectivity index (χ0) is 14.8. The van der Waals surface area contributed by atoms with Crippen molar-refractivity contribution < 1.29 is 13.3 Å². The Morgan fingerprint density at radius 2 is 1.90 bits per heavy atom. The van der Waals surface area contributed by atoms with Crippen LogP contribution in [0.25, 0.3) is 10.2 Å². The van der Waals surface area contributed by atoms with Crippen LogP contribution in [0.4, 0.5) is 0 Å². The molecule has 0 bridgehead atoms. The highest BCUT2D eigenvalue weighted by Crippen LogP contribution is 2.37. The van der Waals surface area contributed by atoms with Gasteiger partial charge in [0.1, 0.15) is 5.01 Å². The number of nitrogens with zero attached hydrogens (tertiary/aromatic N) is 1. The third-order valence-corrected chi connectivity index (χ3v) is 8.35. The molecule has 0 fully saturated rings. The lowest BCUT2D eigenvalue weighted by Crippen LogP contribution is -2.49. The Labute approximate surface area is 129 Å². The van der Waals surface area contributed by atoms with Gasteiger partial charge in [-0.15, -0.1) is 24.0 Å². The molecule has 1 unspecified atom stereocenters. The summed E-state index contributed by atoms with van der Waals surface area (Å²) in [7, 11) is 2.17. The van der Waals surface area contributed by atoms with Gasteiger partial charge in [0.2, 0.25) is 0 Å². The molecule has 0 N–H and O–H groups in total. The summed E-state index contributed by atoms with van der Waals surface area (Å²) in [5, 5.41) is 0.987. The van der Waals surface area contributed by atoms with Gasteiger partial charge in [0.05, 0.1) is 15.8 Å². The molecule has 7 heteroatoms. The maximum atomic E-state index is 5.61. The maximum Gasteiger partial charge on any atom is 0.510 e. The number of hydrogen-bond donors (Lipinski definition) is 1. The molecular weight excluding hydrogens is 310 g/mol. The van der Waals surface area contributed by atoms with Crippen LogP contribution in [0.5, 0.6) is 0 Å². The molecule has 0 saturated carbocycles. The summed E-state index contributed by atoms with van der Waals surface area (Å²) in [4.78, 5) is 5.62. The number of para-hydroxylation sites is 1. The largest absolute Gasteiger partial charge is 0.510 e. The number of fused-ring (bicyclic) bond motifs is 1. The molecule has 20 heavy (non-hydrogen) atoms. The Bertz CT molecular complexity index is 578. The SMILES string of the molecule is CCC(c1nc2c(S)cccc2s1)[Si](OC)(OC)OC. The van der Waals surface area contributed by atoms with Crippen LogP contribution < -0.4 is 0 Å². The van der Waals surface area contributed by atoms with E-state index < -0.39 is 8.80 Å². The first-order valence-electron chi connectivity index (χ1n) is 6.35. The highest BCUT2D eigenvalue weighted by Gasteiger charge is 2.48. The molecule has 1 atom stereocenters. The molecule has 0 aliphatic heterocycles. The molecule has 2 aromatic rings. The second-order valence-electron chi connectivity index (χ2n) is 4.35. The van der Waals surface area contributed by atoms with Gasteiger partial charge >= 0.3 is 8.80 Å². The fourth-order valence-electron chi connectivity index (χ4n) is 2.35. The molecule has 2 rings (SSSR count). The van der Waals surface area contributed by atoms with Crippen molar-refractivity contribution in [1.29, 1.82) is 0 Å². The summed E-state index contributed by atoms with van der Waals surface area (Å²) < 4.78 is 18.0. The summed E-state index contributed by atoms with van der Waals surface area (Å²) in [6.45, 7) is 2.09. The predicted molar refractivity (Wildman–Crippen MR) is 86.7 cm³/mol. The highest BCUT2D eigenvalue weighted by atomic mass is 32.1. The Kier molecular flexibility index (Phi) is 5.22. The second kappa shape index (κ2) is 6.55. The van der Waals surface area contributed by atoms with Crippen LogP contribution in [-0.2, 0) is 13.3 Å². The molecule has 1 heterocycles. The van der Waals surface area contributed by atoms with Gasteiger partial charge in [0.15, 0.2) is 0 Å². The summed E-state index contributed by atoms with van der Waals surface area (Å²) >= 11 is 6.12. The lowest BCUT2D eigenvalue weighted by molar-refractivity contribution is 0.111. The number of hydrogen-bond acceptors (Lipinski definition) is 6. The average molecular weight is 330 g/mol. The number of thiazole rings is 1. The predicted octanol–water partition coefficient (Wildman–Crippen LogP) is 3.50. The smallest absolute Gasteiger partial charge is 0.376 e. The fraction of sp³-hybridized carbons (Fsp3) is 0.462. The van der Waals surface area contributed by atoms with Crippen molar-refractivity contribution in [2.45, 2.75) is 23.8 Å². The summed E-state index contributed by atoms with van der Waals surface area (Å²) in [5.41, 5.74) is 0.966. The van der Waals surface area contributed by atoms with E-state index >= 15 is 0 Å². The van der Waals surface area contributed by atoms with Gasteiger partial charge in [0, 0.05) is 26.2 Å². The Morgan fingerprint density at radius 3 is 2.40 bits per heavy atom. The van der Waals surface area contributed by atoms with Crippen LogP contribution in [-0.4, -0.2) is 35.1 Å². The topological polar surface area (TPSA) is 40.6 Å². The first-order chi connectivity index (χ1) is 9.61. The summed E-state index contributed by atoms with van der Waals surface area (Å²) in [5.74, 6) is 0. The van der Waals surface area contributed by atoms with Crippen molar-refractivity contribution in [3.05, 3.63) is 23.2 Å². The molecule has 0 spiro atoms.